The lowest BCUT2D eigenvalue weighted by Crippen LogP contribution is -2.42. The molecule has 100 valence electrons. The fraction of sp³-hybridized carbons (Fsp3) is 0.545. The van der Waals surface area contributed by atoms with E-state index in [2.05, 4.69) is 10.3 Å². The van der Waals surface area contributed by atoms with Crippen molar-refractivity contribution in [2.24, 2.45) is 5.92 Å². The van der Waals surface area contributed by atoms with E-state index in [-0.39, 0.29) is 24.1 Å². The van der Waals surface area contributed by atoms with Crippen LogP contribution in [0.1, 0.15) is 30.6 Å². The second kappa shape index (κ2) is 6.15. The number of hydrogen-bond donors (Lipinski definition) is 4. The summed E-state index contributed by atoms with van der Waals surface area (Å²) in [6, 6.07) is -0.228. The Morgan fingerprint density at radius 1 is 1.44 bits per heavy atom. The average molecular weight is 255 g/mol. The molecule has 7 nitrogen and oxygen atoms in total. The van der Waals surface area contributed by atoms with Crippen molar-refractivity contribution in [3.63, 3.8) is 0 Å². The molecule has 0 saturated carbocycles. The highest BCUT2D eigenvalue weighted by atomic mass is 16.3. The molecule has 0 radical (unpaired) electrons. The molecule has 0 aliphatic heterocycles. The summed E-state index contributed by atoms with van der Waals surface area (Å²) < 4.78 is 0. The van der Waals surface area contributed by atoms with Crippen LogP contribution in [0.5, 0.6) is 0 Å². The Bertz CT molecular complexity index is 518. The zero-order valence-corrected chi connectivity index (χ0v) is 10.3. The second-order valence-electron chi connectivity index (χ2n) is 4.32. The molecule has 0 spiro atoms. The second-order valence-corrected chi connectivity index (χ2v) is 4.32. The summed E-state index contributed by atoms with van der Waals surface area (Å²) in [4.78, 5) is 38.3. The van der Waals surface area contributed by atoms with Crippen LogP contribution in [0, 0.1) is 5.92 Å². The van der Waals surface area contributed by atoms with E-state index < -0.39 is 17.2 Å². The van der Waals surface area contributed by atoms with Crippen molar-refractivity contribution in [3.05, 3.63) is 32.6 Å². The van der Waals surface area contributed by atoms with Crippen LogP contribution in [0.4, 0.5) is 0 Å². The van der Waals surface area contributed by atoms with Gasteiger partial charge in [-0.05, 0) is 12.3 Å². The van der Waals surface area contributed by atoms with Gasteiger partial charge < -0.3 is 15.4 Å². The molecule has 0 aromatic carbocycles. The van der Waals surface area contributed by atoms with Gasteiger partial charge in [-0.15, -0.1) is 0 Å². The molecular weight excluding hydrogens is 238 g/mol. The number of rotatable bonds is 5. The van der Waals surface area contributed by atoms with Gasteiger partial charge in [0.2, 0.25) is 0 Å². The van der Waals surface area contributed by atoms with Crippen LogP contribution in [-0.4, -0.2) is 33.6 Å². The summed E-state index contributed by atoms with van der Waals surface area (Å²) in [6.45, 7) is 3.75. The normalized spacial score (nSPS) is 12.4. The van der Waals surface area contributed by atoms with Crippen LogP contribution in [0.3, 0.4) is 0 Å². The number of H-pyrrole nitrogens is 2. The number of amides is 1. The highest BCUT2D eigenvalue weighted by Crippen LogP contribution is 2.06. The number of carbonyl (C=O) groups is 1. The first-order chi connectivity index (χ1) is 8.45. The monoisotopic (exact) mass is 255 g/mol. The Morgan fingerprint density at radius 3 is 2.61 bits per heavy atom. The smallest absolute Gasteiger partial charge is 0.325 e. The minimum Gasteiger partial charge on any atom is -0.396 e. The third-order valence-electron chi connectivity index (χ3n) is 2.63. The van der Waals surface area contributed by atoms with Crippen molar-refractivity contribution < 1.29 is 9.90 Å². The van der Waals surface area contributed by atoms with Gasteiger partial charge in [-0.3, -0.25) is 14.6 Å². The predicted octanol–water partition coefficient (Wildman–Crippen LogP) is -0.800. The maximum atomic E-state index is 11.8. The molecule has 0 aliphatic carbocycles. The summed E-state index contributed by atoms with van der Waals surface area (Å²) in [5.41, 5.74) is -1.55. The van der Waals surface area contributed by atoms with Crippen LogP contribution in [0.15, 0.2) is 15.8 Å². The molecule has 1 atom stereocenters. The topological polar surface area (TPSA) is 115 Å². The van der Waals surface area contributed by atoms with Crippen molar-refractivity contribution in [1.29, 1.82) is 0 Å². The quantitative estimate of drug-likeness (QED) is 0.551. The number of nitrogens with one attached hydrogen (secondary N) is 3. The van der Waals surface area contributed by atoms with Gasteiger partial charge in [0.1, 0.15) is 5.56 Å². The predicted molar refractivity (Wildman–Crippen MR) is 65.5 cm³/mol. The Kier molecular flexibility index (Phi) is 4.85. The number of hydrogen-bond acceptors (Lipinski definition) is 4. The lowest BCUT2D eigenvalue weighted by atomic mass is 10.0. The van der Waals surface area contributed by atoms with Crippen LogP contribution in [0.25, 0.3) is 0 Å². The van der Waals surface area contributed by atoms with E-state index in [1.54, 1.807) is 0 Å². The molecule has 1 rings (SSSR count). The van der Waals surface area contributed by atoms with E-state index in [4.69, 9.17) is 5.11 Å². The molecule has 1 aromatic rings. The van der Waals surface area contributed by atoms with Gasteiger partial charge in [-0.1, -0.05) is 13.8 Å². The van der Waals surface area contributed by atoms with E-state index in [1.165, 1.54) is 0 Å². The van der Waals surface area contributed by atoms with E-state index >= 15 is 0 Å². The lowest BCUT2D eigenvalue weighted by molar-refractivity contribution is 0.0914. The summed E-state index contributed by atoms with van der Waals surface area (Å²) in [5.74, 6) is -0.442. The largest absolute Gasteiger partial charge is 0.396 e. The number of aromatic amines is 2. The first-order valence-electron chi connectivity index (χ1n) is 5.69. The SMILES string of the molecule is CC(C)C(CCO)NC(=O)c1c[nH]c(=O)[nH]c1=O. The number of aliphatic hydroxyl groups is 1. The average Bonchev–Trinajstić information content (AvgIpc) is 2.27. The molecule has 1 amide bonds. The fourth-order valence-electron chi connectivity index (χ4n) is 1.54. The molecule has 0 aliphatic rings. The van der Waals surface area contributed by atoms with Crippen LogP contribution in [0.2, 0.25) is 0 Å². The van der Waals surface area contributed by atoms with Gasteiger partial charge in [0, 0.05) is 18.8 Å². The van der Waals surface area contributed by atoms with Crippen molar-refractivity contribution in [2.45, 2.75) is 26.3 Å². The third kappa shape index (κ3) is 3.56. The highest BCUT2D eigenvalue weighted by molar-refractivity contribution is 5.93. The number of aromatic nitrogens is 2. The first-order valence-corrected chi connectivity index (χ1v) is 5.69. The van der Waals surface area contributed by atoms with Crippen molar-refractivity contribution in [2.75, 3.05) is 6.61 Å². The van der Waals surface area contributed by atoms with E-state index in [0.29, 0.717) is 6.42 Å². The molecule has 4 N–H and O–H groups in total. The van der Waals surface area contributed by atoms with Gasteiger partial charge in [-0.25, -0.2) is 4.79 Å². The summed E-state index contributed by atoms with van der Waals surface area (Å²) in [6.07, 6.45) is 1.48. The van der Waals surface area contributed by atoms with E-state index in [1.807, 2.05) is 18.8 Å². The Morgan fingerprint density at radius 2 is 2.11 bits per heavy atom. The van der Waals surface area contributed by atoms with E-state index in [0.717, 1.165) is 6.20 Å². The lowest BCUT2D eigenvalue weighted by Gasteiger charge is -2.21. The molecule has 0 saturated heterocycles. The molecule has 0 fully saturated rings. The van der Waals surface area contributed by atoms with Crippen molar-refractivity contribution >= 4 is 5.91 Å². The van der Waals surface area contributed by atoms with E-state index in [9.17, 15) is 14.4 Å². The molecular formula is C11H17N3O4. The molecule has 18 heavy (non-hydrogen) atoms. The molecule has 1 unspecified atom stereocenters. The molecule has 0 bridgehead atoms. The van der Waals surface area contributed by atoms with Gasteiger partial charge in [0.15, 0.2) is 0 Å². The fourth-order valence-corrected chi connectivity index (χ4v) is 1.54. The molecule has 1 aromatic heterocycles. The maximum absolute atomic E-state index is 11.8. The number of carbonyl (C=O) groups excluding carboxylic acids is 1. The van der Waals surface area contributed by atoms with Crippen molar-refractivity contribution in [1.82, 2.24) is 15.3 Å². The van der Waals surface area contributed by atoms with Gasteiger partial charge in [-0.2, -0.15) is 0 Å². The molecule has 7 heteroatoms. The maximum Gasteiger partial charge on any atom is 0.325 e. The van der Waals surface area contributed by atoms with Crippen LogP contribution < -0.4 is 16.6 Å². The summed E-state index contributed by atoms with van der Waals surface area (Å²) in [7, 11) is 0. The highest BCUT2D eigenvalue weighted by Gasteiger charge is 2.18. The van der Waals surface area contributed by atoms with Crippen LogP contribution >= 0.6 is 0 Å². The zero-order chi connectivity index (χ0) is 13.7. The van der Waals surface area contributed by atoms with Gasteiger partial charge in [0.05, 0.1) is 0 Å². The standard InChI is InChI=1S/C11H17N3O4/c1-6(2)8(3-4-15)13-9(16)7-5-12-11(18)14-10(7)17/h5-6,8,15H,3-4H2,1-2H3,(H,13,16)(H2,12,14,17,18). The van der Waals surface area contributed by atoms with Gasteiger partial charge >= 0.3 is 5.69 Å². The number of aliphatic hydroxyl groups excluding tert-OH is 1. The Hall–Kier alpha value is -1.89. The minimum absolute atomic E-state index is 0.0505. The first kappa shape index (κ1) is 14.2. The molecule has 1 heterocycles. The summed E-state index contributed by atoms with van der Waals surface area (Å²) in [5, 5.41) is 11.5. The Balaban J connectivity index is 2.87. The van der Waals surface area contributed by atoms with Crippen LogP contribution in [-0.2, 0) is 0 Å². The summed E-state index contributed by atoms with van der Waals surface area (Å²) >= 11 is 0. The minimum atomic E-state index is -0.734. The Labute approximate surface area is 103 Å². The van der Waals surface area contributed by atoms with Gasteiger partial charge in [0.25, 0.3) is 11.5 Å². The zero-order valence-electron chi connectivity index (χ0n) is 10.3. The third-order valence-corrected chi connectivity index (χ3v) is 2.63. The van der Waals surface area contributed by atoms with Crippen molar-refractivity contribution in [3.8, 4) is 0 Å².